The molecule has 4 amide bonds. The van der Waals surface area contributed by atoms with Crippen molar-refractivity contribution in [2.45, 2.75) is 58.9 Å². The first-order chi connectivity index (χ1) is 23.9. The van der Waals surface area contributed by atoms with Gasteiger partial charge in [0.2, 0.25) is 5.43 Å². The molecule has 12 nitrogen and oxygen atoms in total. The van der Waals surface area contributed by atoms with Crippen LogP contribution >= 0.6 is 11.3 Å². The van der Waals surface area contributed by atoms with E-state index in [1.807, 2.05) is 25.3 Å². The Morgan fingerprint density at radius 2 is 1.86 bits per heavy atom. The van der Waals surface area contributed by atoms with Crippen LogP contribution < -0.4 is 16.1 Å². The number of rotatable bonds is 7. The molecule has 0 unspecified atom stereocenters. The van der Waals surface area contributed by atoms with Gasteiger partial charge in [-0.1, -0.05) is 6.07 Å². The van der Waals surface area contributed by atoms with Crippen molar-refractivity contribution < 1.29 is 32.3 Å². The number of pyridine rings is 2. The van der Waals surface area contributed by atoms with Crippen molar-refractivity contribution in [3.8, 4) is 21.7 Å². The summed E-state index contributed by atoms with van der Waals surface area (Å²) < 4.78 is 48.1. The maximum Gasteiger partial charge on any atom is 0.434 e. The molecule has 0 radical (unpaired) electrons. The number of alkyl halides is 3. The number of urea groups is 1. The third-order valence-electron chi connectivity index (χ3n) is 8.16. The summed E-state index contributed by atoms with van der Waals surface area (Å²) in [6.45, 7) is 8.88. The second-order valence-electron chi connectivity index (χ2n) is 13.5. The maximum atomic E-state index is 13.9. The first-order valence-corrected chi connectivity index (χ1v) is 17.3. The van der Waals surface area contributed by atoms with Crippen LogP contribution in [0.25, 0.3) is 32.6 Å². The second kappa shape index (κ2) is 14.7. The fraction of sp³-hybridized carbons (Fsp3) is 0.429. The highest BCUT2D eigenvalue weighted by molar-refractivity contribution is 7.13. The summed E-state index contributed by atoms with van der Waals surface area (Å²) in [4.78, 5) is 63.5. The van der Waals surface area contributed by atoms with Crippen molar-refractivity contribution >= 4 is 46.1 Å². The van der Waals surface area contributed by atoms with Gasteiger partial charge in [-0.2, -0.15) is 13.2 Å². The van der Waals surface area contributed by atoms with Gasteiger partial charge in [0.1, 0.15) is 22.0 Å². The SMILES string of the molecule is CCNC(=O)Nc1cc(-c2nc(C(F)(F)F)cs2)c(-c2ccc3c(c2)c(=O)c(C(=O)N(C)C)cn3C[C@@H]2CCCN(C(=O)OC(C)(C)C)C2)cn1. The highest BCUT2D eigenvalue weighted by Gasteiger charge is 2.34. The number of nitrogens with one attached hydrogen (secondary N) is 2. The number of thiazole rings is 1. The van der Waals surface area contributed by atoms with E-state index in [1.54, 1.807) is 50.3 Å². The number of carbonyl (C=O) groups is 3. The molecule has 272 valence electrons. The molecule has 1 saturated heterocycles. The van der Waals surface area contributed by atoms with E-state index in [9.17, 15) is 32.3 Å². The number of ether oxygens (including phenoxy) is 1. The van der Waals surface area contributed by atoms with Crippen LogP contribution in [0.3, 0.4) is 0 Å². The number of anilines is 1. The van der Waals surface area contributed by atoms with Crippen LogP contribution in [0.5, 0.6) is 0 Å². The van der Waals surface area contributed by atoms with Crippen LogP contribution in [0, 0.1) is 5.92 Å². The van der Waals surface area contributed by atoms with Gasteiger partial charge < -0.3 is 24.4 Å². The van der Waals surface area contributed by atoms with E-state index in [-0.39, 0.29) is 33.3 Å². The zero-order valence-corrected chi connectivity index (χ0v) is 30.0. The zero-order valence-electron chi connectivity index (χ0n) is 29.2. The highest BCUT2D eigenvalue weighted by Crippen LogP contribution is 2.39. The molecule has 51 heavy (non-hydrogen) atoms. The van der Waals surface area contributed by atoms with Crippen LogP contribution in [0.4, 0.5) is 28.6 Å². The molecule has 0 saturated carbocycles. The van der Waals surface area contributed by atoms with E-state index in [0.717, 1.165) is 29.6 Å². The fourth-order valence-electron chi connectivity index (χ4n) is 5.87. The lowest BCUT2D eigenvalue weighted by atomic mass is 9.96. The average Bonchev–Trinajstić information content (AvgIpc) is 3.56. The number of likely N-dealkylation sites (tertiary alicyclic amines) is 1. The minimum Gasteiger partial charge on any atom is -0.444 e. The molecule has 0 spiro atoms. The maximum absolute atomic E-state index is 13.9. The van der Waals surface area contributed by atoms with Crippen LogP contribution in [-0.4, -0.2) is 81.7 Å². The van der Waals surface area contributed by atoms with Crippen LogP contribution in [0.15, 0.2) is 46.8 Å². The van der Waals surface area contributed by atoms with E-state index in [2.05, 4.69) is 20.6 Å². The topological polar surface area (TPSA) is 139 Å². The number of fused-ring (bicyclic) bond motifs is 1. The van der Waals surface area contributed by atoms with E-state index >= 15 is 0 Å². The van der Waals surface area contributed by atoms with Gasteiger partial charge in [0, 0.05) is 74.6 Å². The first kappa shape index (κ1) is 37.3. The molecule has 2 N–H and O–H groups in total. The quantitative estimate of drug-likeness (QED) is 0.216. The lowest BCUT2D eigenvalue weighted by Gasteiger charge is -2.34. The van der Waals surface area contributed by atoms with E-state index < -0.39 is 40.9 Å². The van der Waals surface area contributed by atoms with Crippen molar-refractivity contribution in [1.29, 1.82) is 0 Å². The number of aromatic nitrogens is 3. The molecule has 16 heteroatoms. The van der Waals surface area contributed by atoms with Gasteiger partial charge in [0.25, 0.3) is 5.91 Å². The fourth-order valence-corrected chi connectivity index (χ4v) is 6.73. The molecule has 1 aliphatic heterocycles. The largest absolute Gasteiger partial charge is 0.444 e. The lowest BCUT2D eigenvalue weighted by molar-refractivity contribution is -0.140. The van der Waals surface area contributed by atoms with Gasteiger partial charge in [-0.25, -0.2) is 19.6 Å². The van der Waals surface area contributed by atoms with Gasteiger partial charge in [0.15, 0.2) is 5.69 Å². The van der Waals surface area contributed by atoms with Crippen molar-refractivity contribution in [3.63, 3.8) is 0 Å². The number of carbonyl (C=O) groups excluding carboxylic acids is 3. The minimum atomic E-state index is -4.67. The summed E-state index contributed by atoms with van der Waals surface area (Å²) in [6, 6.07) is 5.91. The number of piperidine rings is 1. The van der Waals surface area contributed by atoms with E-state index in [0.29, 0.717) is 42.8 Å². The van der Waals surface area contributed by atoms with Crippen molar-refractivity contribution in [3.05, 3.63) is 63.5 Å². The van der Waals surface area contributed by atoms with Gasteiger partial charge in [-0.15, -0.1) is 11.3 Å². The molecule has 4 aromatic rings. The number of halogens is 3. The third kappa shape index (κ3) is 8.67. The molecule has 1 atom stereocenters. The molecular weight excluding hydrogens is 687 g/mol. The van der Waals surface area contributed by atoms with E-state index in [1.165, 1.54) is 17.2 Å². The Morgan fingerprint density at radius 3 is 2.51 bits per heavy atom. The predicted octanol–water partition coefficient (Wildman–Crippen LogP) is 6.70. The summed E-state index contributed by atoms with van der Waals surface area (Å²) in [5.74, 6) is -0.420. The number of hydrogen-bond acceptors (Lipinski definition) is 8. The summed E-state index contributed by atoms with van der Waals surface area (Å²) in [6.07, 6.45) is -0.570. The van der Waals surface area contributed by atoms with Gasteiger partial charge >= 0.3 is 18.3 Å². The molecule has 4 heterocycles. The molecule has 3 aromatic heterocycles. The number of benzene rings is 1. The number of amides is 4. The van der Waals surface area contributed by atoms with Crippen molar-refractivity contribution in [1.82, 2.24) is 29.7 Å². The molecule has 0 aliphatic carbocycles. The van der Waals surface area contributed by atoms with Gasteiger partial charge in [-0.3, -0.25) is 14.9 Å². The monoisotopic (exact) mass is 727 g/mol. The van der Waals surface area contributed by atoms with E-state index in [4.69, 9.17) is 4.74 Å². The minimum absolute atomic E-state index is 0.00700. The normalized spacial score (nSPS) is 15.1. The summed E-state index contributed by atoms with van der Waals surface area (Å²) in [5.41, 5.74) is -0.703. The lowest BCUT2D eigenvalue weighted by Crippen LogP contribution is -2.43. The molecule has 1 aliphatic rings. The highest BCUT2D eigenvalue weighted by atomic mass is 32.1. The standard InChI is InChI=1S/C35H40F3N7O5S/c1-7-39-32(48)42-28-14-22(30-41-27(19-51-30)35(36,37)38)24(15-40-28)21-10-11-26-23(13-21)29(46)25(31(47)43(5)6)18-45(26)17-20-9-8-12-44(16-20)33(49)50-34(2,3)4/h10-11,13-15,18-20H,7-9,12,16-17H2,1-6H3,(H2,39,40,42,48)/t20-/m1/s1. The van der Waals surface area contributed by atoms with Crippen molar-refractivity contribution in [2.75, 3.05) is 39.0 Å². The number of hydrogen-bond donors (Lipinski definition) is 2. The molecule has 0 bridgehead atoms. The molecule has 5 rings (SSSR count). The Balaban J connectivity index is 1.60. The Kier molecular flexibility index (Phi) is 10.7. The molecule has 1 fully saturated rings. The summed E-state index contributed by atoms with van der Waals surface area (Å²) in [7, 11) is 3.09. The van der Waals surface area contributed by atoms with Crippen LogP contribution in [0.1, 0.15) is 56.6 Å². The van der Waals surface area contributed by atoms with Gasteiger partial charge in [0.05, 0.1) is 5.52 Å². The summed E-state index contributed by atoms with van der Waals surface area (Å²) >= 11 is 0.779. The zero-order chi connectivity index (χ0) is 37.2. The van der Waals surface area contributed by atoms with Crippen LogP contribution in [0.2, 0.25) is 0 Å². The molecular formula is C35H40F3N7O5S. The Hall–Kier alpha value is -4.99. The first-order valence-electron chi connectivity index (χ1n) is 16.4. The summed E-state index contributed by atoms with van der Waals surface area (Å²) in [5, 5.41) is 6.30. The third-order valence-corrected chi connectivity index (χ3v) is 9.04. The molecule has 1 aromatic carbocycles. The van der Waals surface area contributed by atoms with Crippen LogP contribution in [-0.2, 0) is 17.5 Å². The second-order valence-corrected chi connectivity index (χ2v) is 14.4. The Bertz CT molecular complexity index is 2020. The smallest absolute Gasteiger partial charge is 0.434 e. The Labute approximate surface area is 296 Å². The predicted molar refractivity (Wildman–Crippen MR) is 189 cm³/mol. The number of nitrogens with zero attached hydrogens (tertiary/aromatic N) is 5. The average molecular weight is 728 g/mol. The van der Waals surface area contributed by atoms with Gasteiger partial charge in [-0.05, 0) is 70.2 Å². The van der Waals surface area contributed by atoms with Crippen molar-refractivity contribution in [2.24, 2.45) is 5.92 Å². The Morgan fingerprint density at radius 1 is 1.12 bits per heavy atom.